The summed E-state index contributed by atoms with van der Waals surface area (Å²) in [6, 6.07) is 1.37. The van der Waals surface area contributed by atoms with E-state index in [9.17, 15) is 13.2 Å². The molecule has 0 fully saturated rings. The number of hydrogen-bond donors (Lipinski definition) is 2. The number of halogens is 5. The molecule has 1 aromatic rings. The van der Waals surface area contributed by atoms with Crippen LogP contribution in [0.2, 0.25) is 10.0 Å². The summed E-state index contributed by atoms with van der Waals surface area (Å²) >= 11 is 11.4. The second-order valence-corrected chi connectivity index (χ2v) is 4.62. The number of nitrogens with one attached hydrogen (secondary N) is 1. The molecule has 0 unspecified atom stereocenters. The molecule has 0 aromatic heterocycles. The summed E-state index contributed by atoms with van der Waals surface area (Å²) in [7, 11) is 0. The third-order valence-electron chi connectivity index (χ3n) is 2.26. The smallest absolute Gasteiger partial charge is 0.416 e. The van der Waals surface area contributed by atoms with Gasteiger partial charge in [-0.15, -0.1) is 0 Å². The lowest BCUT2D eigenvalue weighted by atomic mass is 10.2. The molecule has 0 heterocycles. The molecule has 0 saturated carbocycles. The van der Waals surface area contributed by atoms with Crippen LogP contribution >= 0.6 is 23.2 Å². The Balaban J connectivity index is 3.07. The van der Waals surface area contributed by atoms with E-state index in [0.29, 0.717) is 24.3 Å². The predicted octanol–water partition coefficient (Wildman–Crippen LogP) is 4.62. The first kappa shape index (κ1) is 16.7. The molecule has 8 heteroatoms. The molecule has 1 aromatic carbocycles. The molecular formula is C12H11Cl2F3N2O. The lowest BCUT2D eigenvalue weighted by Crippen LogP contribution is -2.09. The first-order valence-electron chi connectivity index (χ1n) is 5.43. The van der Waals surface area contributed by atoms with Gasteiger partial charge in [0, 0.05) is 11.8 Å². The number of allylic oxidation sites excluding steroid dienone is 1. The minimum absolute atomic E-state index is 0.216. The molecule has 0 aliphatic carbocycles. The molecule has 3 nitrogen and oxygen atoms in total. The van der Waals surface area contributed by atoms with E-state index in [1.165, 1.54) is 6.08 Å². The molecule has 0 radical (unpaired) electrons. The van der Waals surface area contributed by atoms with Gasteiger partial charge < -0.3 is 10.5 Å². The van der Waals surface area contributed by atoms with E-state index < -0.39 is 11.7 Å². The average Bonchev–Trinajstić information content (AvgIpc) is 2.32. The SMILES string of the molecule is CC/C(N)=C/C(=N)Oc1c(Cl)cc(C(F)(F)F)cc1Cl. The Morgan fingerprint density at radius 3 is 2.25 bits per heavy atom. The van der Waals surface area contributed by atoms with Gasteiger partial charge in [-0.1, -0.05) is 30.1 Å². The van der Waals surface area contributed by atoms with E-state index in [-0.39, 0.29) is 21.7 Å². The minimum Gasteiger partial charge on any atom is -0.436 e. The molecular weight excluding hydrogens is 316 g/mol. The second-order valence-electron chi connectivity index (χ2n) is 3.81. The zero-order valence-corrected chi connectivity index (χ0v) is 11.8. The second kappa shape index (κ2) is 6.37. The van der Waals surface area contributed by atoms with Gasteiger partial charge in [0.15, 0.2) is 5.75 Å². The van der Waals surface area contributed by atoms with Crippen LogP contribution in [0.4, 0.5) is 13.2 Å². The van der Waals surface area contributed by atoms with Crippen LogP contribution in [0.25, 0.3) is 0 Å². The molecule has 0 aliphatic heterocycles. The molecule has 110 valence electrons. The number of rotatable bonds is 3. The van der Waals surface area contributed by atoms with Crippen molar-refractivity contribution < 1.29 is 17.9 Å². The Kier molecular flexibility index (Phi) is 5.30. The van der Waals surface area contributed by atoms with Crippen molar-refractivity contribution in [1.82, 2.24) is 0 Å². The van der Waals surface area contributed by atoms with Crippen molar-refractivity contribution in [3.63, 3.8) is 0 Å². The topological polar surface area (TPSA) is 59.1 Å². The minimum atomic E-state index is -4.56. The Hall–Kier alpha value is -1.40. The van der Waals surface area contributed by atoms with Crippen molar-refractivity contribution >= 4 is 29.1 Å². The monoisotopic (exact) mass is 326 g/mol. The molecule has 0 atom stereocenters. The normalized spacial score (nSPS) is 12.4. The quantitative estimate of drug-likeness (QED) is 0.628. The highest BCUT2D eigenvalue weighted by Crippen LogP contribution is 2.39. The highest BCUT2D eigenvalue weighted by molar-refractivity contribution is 6.37. The lowest BCUT2D eigenvalue weighted by molar-refractivity contribution is -0.137. The molecule has 20 heavy (non-hydrogen) atoms. The molecule has 0 bridgehead atoms. The fourth-order valence-corrected chi connectivity index (χ4v) is 1.80. The zero-order valence-electron chi connectivity index (χ0n) is 10.3. The van der Waals surface area contributed by atoms with Crippen molar-refractivity contribution in [1.29, 1.82) is 5.41 Å². The molecule has 0 amide bonds. The van der Waals surface area contributed by atoms with Crippen LogP contribution in [0, 0.1) is 5.41 Å². The number of ether oxygens (including phenoxy) is 1. The number of alkyl halides is 3. The molecule has 1 rings (SSSR count). The summed E-state index contributed by atoms with van der Waals surface area (Å²) in [6.07, 6.45) is -2.84. The maximum absolute atomic E-state index is 12.5. The van der Waals surface area contributed by atoms with Crippen LogP contribution in [0.1, 0.15) is 18.9 Å². The van der Waals surface area contributed by atoms with Crippen LogP contribution in [0.3, 0.4) is 0 Å². The predicted molar refractivity (Wildman–Crippen MR) is 72.4 cm³/mol. The molecule has 0 saturated heterocycles. The van der Waals surface area contributed by atoms with Crippen molar-refractivity contribution in [2.24, 2.45) is 5.73 Å². The summed E-state index contributed by atoms with van der Waals surface area (Å²) in [4.78, 5) is 0. The van der Waals surface area contributed by atoms with Gasteiger partial charge >= 0.3 is 6.18 Å². The van der Waals surface area contributed by atoms with Gasteiger partial charge in [-0.25, -0.2) is 0 Å². The first-order valence-corrected chi connectivity index (χ1v) is 6.19. The fraction of sp³-hybridized carbons (Fsp3) is 0.250. The first-order chi connectivity index (χ1) is 9.15. The van der Waals surface area contributed by atoms with E-state index in [1.54, 1.807) is 6.92 Å². The van der Waals surface area contributed by atoms with E-state index in [4.69, 9.17) is 39.1 Å². The Labute approximate surface area is 123 Å². The van der Waals surface area contributed by atoms with E-state index in [0.717, 1.165) is 0 Å². The van der Waals surface area contributed by atoms with Crippen molar-refractivity contribution in [2.75, 3.05) is 0 Å². The Morgan fingerprint density at radius 1 is 1.35 bits per heavy atom. The van der Waals surface area contributed by atoms with Crippen molar-refractivity contribution in [2.45, 2.75) is 19.5 Å². The van der Waals surface area contributed by atoms with E-state index >= 15 is 0 Å². The summed E-state index contributed by atoms with van der Waals surface area (Å²) in [5.74, 6) is -0.584. The largest absolute Gasteiger partial charge is 0.436 e. The number of benzene rings is 1. The van der Waals surface area contributed by atoms with Gasteiger partial charge in [-0.05, 0) is 18.6 Å². The van der Waals surface area contributed by atoms with E-state index in [2.05, 4.69) is 0 Å². The summed E-state index contributed by atoms with van der Waals surface area (Å²) in [5.41, 5.74) is 4.90. The summed E-state index contributed by atoms with van der Waals surface area (Å²) in [5, 5.41) is 6.84. The zero-order chi connectivity index (χ0) is 15.5. The van der Waals surface area contributed by atoms with Crippen molar-refractivity contribution in [3.05, 3.63) is 39.5 Å². The third kappa shape index (κ3) is 4.31. The van der Waals surface area contributed by atoms with Crippen LogP contribution in [-0.4, -0.2) is 5.90 Å². The highest BCUT2D eigenvalue weighted by atomic mass is 35.5. The summed E-state index contributed by atoms with van der Waals surface area (Å²) < 4.78 is 42.6. The van der Waals surface area contributed by atoms with Crippen molar-refractivity contribution in [3.8, 4) is 5.75 Å². The Bertz CT molecular complexity index is 533. The van der Waals surface area contributed by atoms with Crippen LogP contribution in [0.5, 0.6) is 5.75 Å². The van der Waals surface area contributed by atoms with Crippen LogP contribution < -0.4 is 10.5 Å². The summed E-state index contributed by atoms with van der Waals surface area (Å²) in [6.45, 7) is 1.77. The maximum atomic E-state index is 12.5. The van der Waals surface area contributed by atoms with Gasteiger partial charge in [-0.3, -0.25) is 5.41 Å². The van der Waals surface area contributed by atoms with Crippen LogP contribution in [0.15, 0.2) is 23.9 Å². The standard InChI is InChI=1S/C12H11Cl2F3N2O/c1-2-7(18)5-10(19)20-11-8(13)3-6(4-9(11)14)12(15,16)17/h3-5,19H,2,18H2,1H3/b7-5-,19-10?. The highest BCUT2D eigenvalue weighted by Gasteiger charge is 2.32. The Morgan fingerprint density at radius 2 is 1.85 bits per heavy atom. The average molecular weight is 327 g/mol. The van der Waals surface area contributed by atoms with E-state index in [1.807, 2.05) is 0 Å². The lowest BCUT2D eigenvalue weighted by Gasteiger charge is -2.12. The number of nitrogens with two attached hydrogens (primary N) is 1. The van der Waals surface area contributed by atoms with Crippen LogP contribution in [-0.2, 0) is 6.18 Å². The molecule has 3 N–H and O–H groups in total. The number of hydrogen-bond acceptors (Lipinski definition) is 3. The van der Waals surface area contributed by atoms with Gasteiger partial charge in [0.25, 0.3) is 0 Å². The third-order valence-corrected chi connectivity index (χ3v) is 2.82. The molecule has 0 spiro atoms. The van der Waals surface area contributed by atoms with Gasteiger partial charge in [-0.2, -0.15) is 13.2 Å². The van der Waals surface area contributed by atoms with Gasteiger partial charge in [0.05, 0.1) is 15.6 Å². The van der Waals surface area contributed by atoms with Gasteiger partial charge in [0.1, 0.15) is 0 Å². The molecule has 0 aliphatic rings. The van der Waals surface area contributed by atoms with Gasteiger partial charge in [0.2, 0.25) is 5.90 Å². The maximum Gasteiger partial charge on any atom is 0.416 e. The fourth-order valence-electron chi connectivity index (χ4n) is 1.23.